The number of aliphatic hydroxyl groups is 1. The molecule has 1 amide bonds. The highest BCUT2D eigenvalue weighted by Gasteiger charge is 2.35. The van der Waals surface area contributed by atoms with Gasteiger partial charge in [0.2, 0.25) is 0 Å². The predicted molar refractivity (Wildman–Crippen MR) is 90.6 cm³/mol. The van der Waals surface area contributed by atoms with Crippen molar-refractivity contribution in [3.8, 4) is 5.75 Å². The lowest BCUT2D eigenvalue weighted by molar-refractivity contribution is -0.385. The zero-order chi connectivity index (χ0) is 18.0. The fourth-order valence-electron chi connectivity index (χ4n) is 2.96. The number of rotatable bonds is 4. The van der Waals surface area contributed by atoms with Crippen molar-refractivity contribution < 1.29 is 19.6 Å². The van der Waals surface area contributed by atoms with E-state index in [-0.39, 0.29) is 12.2 Å². The molecule has 130 valence electrons. The molecular weight excluding hydrogens is 324 g/mol. The van der Waals surface area contributed by atoms with E-state index in [4.69, 9.17) is 4.74 Å². The summed E-state index contributed by atoms with van der Waals surface area (Å²) in [5.41, 5.74) is 0.120. The highest BCUT2D eigenvalue weighted by molar-refractivity contribution is 5.94. The molecule has 2 aromatic rings. The van der Waals surface area contributed by atoms with Crippen LogP contribution in [0.3, 0.4) is 0 Å². The van der Waals surface area contributed by atoms with Crippen molar-refractivity contribution in [2.75, 3.05) is 13.2 Å². The van der Waals surface area contributed by atoms with Gasteiger partial charge in [-0.25, -0.2) is 0 Å². The fourth-order valence-corrected chi connectivity index (χ4v) is 2.96. The molecule has 7 heteroatoms. The molecule has 0 fully saturated rings. The molecule has 1 atom stereocenters. The van der Waals surface area contributed by atoms with Gasteiger partial charge in [-0.2, -0.15) is 0 Å². The number of hydrogen-bond donors (Lipinski definition) is 2. The van der Waals surface area contributed by atoms with E-state index >= 15 is 0 Å². The average molecular weight is 342 g/mol. The van der Waals surface area contributed by atoms with Gasteiger partial charge in [0.25, 0.3) is 11.6 Å². The number of nitro benzene ring substituents is 1. The van der Waals surface area contributed by atoms with Gasteiger partial charge in [0, 0.05) is 29.2 Å². The first kappa shape index (κ1) is 16.9. The summed E-state index contributed by atoms with van der Waals surface area (Å²) >= 11 is 0. The average Bonchev–Trinajstić information content (AvgIpc) is 2.60. The number of fused-ring (bicyclic) bond motifs is 1. The van der Waals surface area contributed by atoms with Crippen molar-refractivity contribution in [2.24, 2.45) is 0 Å². The molecule has 2 aromatic carbocycles. The molecule has 0 saturated heterocycles. The van der Waals surface area contributed by atoms with Crippen molar-refractivity contribution in [1.82, 2.24) is 5.32 Å². The zero-order valence-electron chi connectivity index (χ0n) is 13.7. The molecule has 0 saturated carbocycles. The second-order valence-corrected chi connectivity index (χ2v) is 6.07. The van der Waals surface area contributed by atoms with E-state index in [0.717, 1.165) is 0 Å². The maximum absolute atomic E-state index is 12.4. The van der Waals surface area contributed by atoms with Crippen molar-refractivity contribution >= 4 is 11.6 Å². The van der Waals surface area contributed by atoms with E-state index in [1.165, 1.54) is 18.2 Å². The van der Waals surface area contributed by atoms with Crippen molar-refractivity contribution in [3.63, 3.8) is 0 Å². The number of carbonyl (C=O) groups excluding carboxylic acids is 1. The Hall–Kier alpha value is -2.93. The number of nitro groups is 1. The molecule has 0 spiro atoms. The van der Waals surface area contributed by atoms with E-state index in [0.29, 0.717) is 35.5 Å². The van der Waals surface area contributed by atoms with Crippen LogP contribution in [0.4, 0.5) is 5.69 Å². The van der Waals surface area contributed by atoms with Crippen LogP contribution in [0.1, 0.15) is 27.9 Å². The standard InChI is InChI=1S/C18H18N2O5/c1-12-10-13(6-7-15(12)20(23)24)17(21)19-11-18(22)8-9-25-16-5-3-2-4-14(16)18/h2-7,10,22H,8-9,11H2,1H3,(H,19,21). The molecule has 0 aromatic heterocycles. The quantitative estimate of drug-likeness (QED) is 0.656. The fraction of sp³-hybridized carbons (Fsp3) is 0.278. The van der Waals surface area contributed by atoms with E-state index in [1.54, 1.807) is 25.1 Å². The lowest BCUT2D eigenvalue weighted by Crippen LogP contribution is -2.43. The van der Waals surface area contributed by atoms with Gasteiger partial charge in [-0.3, -0.25) is 14.9 Å². The van der Waals surface area contributed by atoms with Crippen LogP contribution in [0.25, 0.3) is 0 Å². The molecule has 0 radical (unpaired) electrons. The van der Waals surface area contributed by atoms with Crippen LogP contribution in [-0.4, -0.2) is 29.1 Å². The summed E-state index contributed by atoms with van der Waals surface area (Å²) in [5, 5.41) is 24.5. The van der Waals surface area contributed by atoms with Crippen LogP contribution in [0.5, 0.6) is 5.75 Å². The Kier molecular flexibility index (Phi) is 4.41. The third-order valence-electron chi connectivity index (χ3n) is 4.36. The monoisotopic (exact) mass is 342 g/mol. The van der Waals surface area contributed by atoms with Gasteiger partial charge >= 0.3 is 0 Å². The van der Waals surface area contributed by atoms with Crippen LogP contribution in [0, 0.1) is 17.0 Å². The normalized spacial score (nSPS) is 18.8. The molecule has 3 rings (SSSR count). The van der Waals surface area contributed by atoms with Gasteiger partial charge in [-0.05, 0) is 25.1 Å². The summed E-state index contributed by atoms with van der Waals surface area (Å²) in [4.78, 5) is 22.7. The first-order valence-electron chi connectivity index (χ1n) is 7.89. The lowest BCUT2D eigenvalue weighted by atomic mass is 9.88. The first-order chi connectivity index (χ1) is 11.9. The third-order valence-corrected chi connectivity index (χ3v) is 4.36. The minimum atomic E-state index is -1.21. The predicted octanol–water partition coefficient (Wildman–Crippen LogP) is 2.30. The molecule has 1 heterocycles. The molecule has 1 aliphatic rings. The summed E-state index contributed by atoms with van der Waals surface area (Å²) in [5.74, 6) is 0.215. The van der Waals surface area contributed by atoms with Gasteiger partial charge in [-0.1, -0.05) is 18.2 Å². The van der Waals surface area contributed by atoms with E-state index in [9.17, 15) is 20.0 Å². The number of para-hydroxylation sites is 1. The molecule has 25 heavy (non-hydrogen) atoms. The van der Waals surface area contributed by atoms with E-state index in [1.807, 2.05) is 6.07 Å². The lowest BCUT2D eigenvalue weighted by Gasteiger charge is -2.34. The molecule has 2 N–H and O–H groups in total. The Morgan fingerprint density at radius 3 is 2.84 bits per heavy atom. The molecule has 7 nitrogen and oxygen atoms in total. The Labute approximate surface area is 144 Å². The maximum atomic E-state index is 12.4. The molecular formula is C18H18N2O5. The van der Waals surface area contributed by atoms with Crippen LogP contribution < -0.4 is 10.1 Å². The SMILES string of the molecule is Cc1cc(C(=O)NCC2(O)CCOc3ccccc32)ccc1[N+](=O)[O-]. The van der Waals surface area contributed by atoms with Gasteiger partial charge in [0.1, 0.15) is 11.4 Å². The van der Waals surface area contributed by atoms with Crippen LogP contribution in [0.2, 0.25) is 0 Å². The Bertz CT molecular complexity index is 836. The first-order valence-corrected chi connectivity index (χ1v) is 7.89. The summed E-state index contributed by atoms with van der Waals surface area (Å²) in [6.07, 6.45) is 0.365. The smallest absolute Gasteiger partial charge is 0.272 e. The number of nitrogens with one attached hydrogen (secondary N) is 1. The van der Waals surface area contributed by atoms with Gasteiger partial charge in [0.15, 0.2) is 0 Å². The largest absolute Gasteiger partial charge is 0.493 e. The minimum absolute atomic E-state index is 0.0300. The zero-order valence-corrected chi connectivity index (χ0v) is 13.7. The van der Waals surface area contributed by atoms with Gasteiger partial charge < -0.3 is 15.2 Å². The van der Waals surface area contributed by atoms with Gasteiger partial charge in [-0.15, -0.1) is 0 Å². The number of ether oxygens (including phenoxy) is 1. The molecule has 1 aliphatic heterocycles. The number of carbonyl (C=O) groups is 1. The summed E-state index contributed by atoms with van der Waals surface area (Å²) in [7, 11) is 0. The Morgan fingerprint density at radius 1 is 1.36 bits per heavy atom. The second-order valence-electron chi connectivity index (χ2n) is 6.07. The molecule has 0 aliphatic carbocycles. The highest BCUT2D eigenvalue weighted by atomic mass is 16.6. The van der Waals surface area contributed by atoms with Crippen molar-refractivity contribution in [2.45, 2.75) is 18.9 Å². The summed E-state index contributed by atoms with van der Waals surface area (Å²) in [6.45, 7) is 1.97. The number of amides is 1. The van der Waals surface area contributed by atoms with Crippen LogP contribution in [-0.2, 0) is 5.60 Å². The van der Waals surface area contributed by atoms with Gasteiger partial charge in [0.05, 0.1) is 18.1 Å². The number of aryl methyl sites for hydroxylation is 1. The van der Waals surface area contributed by atoms with Crippen molar-refractivity contribution in [1.29, 1.82) is 0 Å². The second kappa shape index (κ2) is 6.52. The third kappa shape index (κ3) is 3.32. The Morgan fingerprint density at radius 2 is 2.12 bits per heavy atom. The number of nitrogens with zero attached hydrogens (tertiary/aromatic N) is 1. The topological polar surface area (TPSA) is 102 Å². The molecule has 0 bridgehead atoms. The molecule has 1 unspecified atom stereocenters. The van der Waals surface area contributed by atoms with Crippen molar-refractivity contribution in [3.05, 3.63) is 69.3 Å². The van der Waals surface area contributed by atoms with Crippen LogP contribution in [0.15, 0.2) is 42.5 Å². The Balaban J connectivity index is 1.75. The summed E-state index contributed by atoms with van der Waals surface area (Å²) in [6, 6.07) is 11.4. The maximum Gasteiger partial charge on any atom is 0.272 e. The highest BCUT2D eigenvalue weighted by Crippen LogP contribution is 2.36. The van der Waals surface area contributed by atoms with E-state index in [2.05, 4.69) is 5.32 Å². The van der Waals surface area contributed by atoms with E-state index < -0.39 is 16.4 Å². The number of hydrogen-bond acceptors (Lipinski definition) is 5. The summed E-state index contributed by atoms with van der Waals surface area (Å²) < 4.78 is 5.53. The number of benzene rings is 2. The van der Waals surface area contributed by atoms with Crippen LogP contribution >= 0.6 is 0 Å². The minimum Gasteiger partial charge on any atom is -0.493 e.